The number of nitrogens with two attached hydrogens (primary N) is 1. The number of aromatic nitrogens is 3. The molecule has 0 amide bonds. The van der Waals surface area contributed by atoms with E-state index in [1.807, 2.05) is 49.1 Å². The van der Waals surface area contributed by atoms with Crippen molar-refractivity contribution in [2.45, 2.75) is 46.7 Å². The summed E-state index contributed by atoms with van der Waals surface area (Å²) in [6.45, 7) is 7.13. The zero-order valence-corrected chi connectivity index (χ0v) is 17.1. The molecule has 0 aliphatic carbocycles. The molecule has 0 atom stereocenters. The van der Waals surface area contributed by atoms with Crippen molar-refractivity contribution in [3.05, 3.63) is 73.8 Å². The Kier molecular flexibility index (Phi) is 6.21. The molecule has 0 fully saturated rings. The molecule has 0 bridgehead atoms. The van der Waals surface area contributed by atoms with E-state index in [4.69, 9.17) is 10.3 Å². The normalized spacial score (nSPS) is 11.0. The third-order valence-corrected chi connectivity index (χ3v) is 5.03. The SMILES string of the molecule is CCCCN(Cc1c(C)noc1C)c1c(N)n(Cc2ccccc2)c(=O)[nH]c1=O. The average Bonchev–Trinajstić information content (AvgIpc) is 3.01. The fourth-order valence-electron chi connectivity index (χ4n) is 3.34. The number of nitrogen functional groups attached to an aromatic ring is 1. The summed E-state index contributed by atoms with van der Waals surface area (Å²) in [5, 5.41) is 4.00. The molecule has 0 aliphatic heterocycles. The van der Waals surface area contributed by atoms with Gasteiger partial charge in [0.05, 0.1) is 12.2 Å². The lowest BCUT2D eigenvalue weighted by molar-refractivity contribution is 0.392. The minimum Gasteiger partial charge on any atom is -0.383 e. The number of H-pyrrole nitrogens is 1. The number of rotatable bonds is 8. The van der Waals surface area contributed by atoms with E-state index in [9.17, 15) is 9.59 Å². The molecule has 154 valence electrons. The van der Waals surface area contributed by atoms with Crippen molar-refractivity contribution >= 4 is 11.5 Å². The monoisotopic (exact) mass is 397 g/mol. The topological polar surface area (TPSA) is 110 Å². The molecule has 1 aromatic carbocycles. The van der Waals surface area contributed by atoms with Crippen LogP contribution >= 0.6 is 0 Å². The van der Waals surface area contributed by atoms with E-state index in [-0.39, 0.29) is 12.4 Å². The number of benzene rings is 1. The molecule has 2 heterocycles. The maximum absolute atomic E-state index is 12.7. The zero-order chi connectivity index (χ0) is 21.0. The van der Waals surface area contributed by atoms with Crippen LogP contribution in [0.4, 0.5) is 11.5 Å². The lowest BCUT2D eigenvalue weighted by atomic mass is 10.1. The van der Waals surface area contributed by atoms with Gasteiger partial charge in [-0.1, -0.05) is 48.8 Å². The smallest absolute Gasteiger partial charge is 0.330 e. The second-order valence-electron chi connectivity index (χ2n) is 7.14. The first-order chi connectivity index (χ1) is 13.9. The molecule has 0 saturated carbocycles. The first-order valence-corrected chi connectivity index (χ1v) is 9.75. The highest BCUT2D eigenvalue weighted by Crippen LogP contribution is 2.23. The summed E-state index contributed by atoms with van der Waals surface area (Å²) in [6, 6.07) is 9.52. The number of hydrogen-bond donors (Lipinski definition) is 2. The predicted octanol–water partition coefficient (Wildman–Crippen LogP) is 2.58. The van der Waals surface area contributed by atoms with E-state index in [0.717, 1.165) is 29.7 Å². The van der Waals surface area contributed by atoms with Crippen LogP contribution in [0.25, 0.3) is 0 Å². The minimum absolute atomic E-state index is 0.158. The average molecular weight is 397 g/mol. The van der Waals surface area contributed by atoms with Gasteiger partial charge in [0.1, 0.15) is 17.3 Å². The second kappa shape index (κ2) is 8.81. The van der Waals surface area contributed by atoms with Crippen molar-refractivity contribution in [3.63, 3.8) is 0 Å². The molecular formula is C21H27N5O3. The standard InChI is InChI=1S/C21H27N5O3/c1-4-5-11-25(13-17-14(2)24-29-15(17)3)18-19(22)26(21(28)23-20(18)27)12-16-9-7-6-8-10-16/h6-10H,4-5,11-13,22H2,1-3H3,(H,23,27,28). The molecule has 3 aromatic rings. The highest BCUT2D eigenvalue weighted by molar-refractivity contribution is 5.63. The fourth-order valence-corrected chi connectivity index (χ4v) is 3.34. The molecule has 0 aliphatic rings. The first kappa shape index (κ1) is 20.4. The van der Waals surface area contributed by atoms with Gasteiger partial charge in [-0.2, -0.15) is 0 Å². The van der Waals surface area contributed by atoms with Crippen LogP contribution in [0.1, 0.15) is 42.3 Å². The maximum Gasteiger partial charge on any atom is 0.330 e. The van der Waals surface area contributed by atoms with Crippen molar-refractivity contribution in [1.29, 1.82) is 0 Å². The predicted molar refractivity (Wildman–Crippen MR) is 113 cm³/mol. The number of aromatic amines is 1. The molecule has 3 N–H and O–H groups in total. The van der Waals surface area contributed by atoms with Gasteiger partial charge in [0.25, 0.3) is 5.56 Å². The van der Waals surface area contributed by atoms with Crippen molar-refractivity contribution in [3.8, 4) is 0 Å². The van der Waals surface area contributed by atoms with Gasteiger partial charge < -0.3 is 15.2 Å². The van der Waals surface area contributed by atoms with Gasteiger partial charge in [0, 0.05) is 18.7 Å². The number of hydrogen-bond acceptors (Lipinski definition) is 6. The summed E-state index contributed by atoms with van der Waals surface area (Å²) in [5.41, 5.74) is 8.28. The number of aryl methyl sites for hydroxylation is 2. The zero-order valence-electron chi connectivity index (χ0n) is 17.1. The Bertz CT molecular complexity index is 1060. The molecule has 8 nitrogen and oxygen atoms in total. The van der Waals surface area contributed by atoms with Crippen LogP contribution in [-0.2, 0) is 13.1 Å². The molecule has 3 rings (SSSR count). The van der Waals surface area contributed by atoms with Crippen LogP contribution in [0.3, 0.4) is 0 Å². The fraction of sp³-hybridized carbons (Fsp3) is 0.381. The number of anilines is 2. The molecule has 0 radical (unpaired) electrons. The van der Waals surface area contributed by atoms with E-state index < -0.39 is 11.2 Å². The summed E-state index contributed by atoms with van der Waals surface area (Å²) in [6.07, 6.45) is 1.83. The van der Waals surface area contributed by atoms with Gasteiger partial charge in [-0.25, -0.2) is 4.79 Å². The van der Waals surface area contributed by atoms with Crippen molar-refractivity contribution in [2.24, 2.45) is 0 Å². The lowest BCUT2D eigenvalue weighted by Gasteiger charge is -2.26. The highest BCUT2D eigenvalue weighted by Gasteiger charge is 2.21. The van der Waals surface area contributed by atoms with E-state index >= 15 is 0 Å². The summed E-state index contributed by atoms with van der Waals surface area (Å²) < 4.78 is 6.67. The summed E-state index contributed by atoms with van der Waals surface area (Å²) in [7, 11) is 0. The third-order valence-electron chi connectivity index (χ3n) is 5.03. The Labute approximate surface area is 169 Å². The third kappa shape index (κ3) is 4.42. The van der Waals surface area contributed by atoms with Crippen molar-refractivity contribution in [2.75, 3.05) is 17.2 Å². The number of nitrogens with one attached hydrogen (secondary N) is 1. The summed E-state index contributed by atoms with van der Waals surface area (Å²) >= 11 is 0. The van der Waals surface area contributed by atoms with Crippen LogP contribution in [0.2, 0.25) is 0 Å². The number of unbranched alkanes of at least 4 members (excludes halogenated alkanes) is 1. The quantitative estimate of drug-likeness (QED) is 0.604. The van der Waals surface area contributed by atoms with Crippen molar-refractivity contribution in [1.82, 2.24) is 14.7 Å². The van der Waals surface area contributed by atoms with E-state index in [1.165, 1.54) is 4.57 Å². The Morgan fingerprint density at radius 3 is 2.55 bits per heavy atom. The van der Waals surface area contributed by atoms with E-state index in [2.05, 4.69) is 17.1 Å². The molecular weight excluding hydrogens is 370 g/mol. The van der Waals surface area contributed by atoms with E-state index in [1.54, 1.807) is 0 Å². The first-order valence-electron chi connectivity index (χ1n) is 9.75. The Hall–Kier alpha value is -3.29. The van der Waals surface area contributed by atoms with Gasteiger partial charge >= 0.3 is 5.69 Å². The number of nitrogens with zero attached hydrogens (tertiary/aromatic N) is 3. The highest BCUT2D eigenvalue weighted by atomic mass is 16.5. The van der Waals surface area contributed by atoms with E-state index in [0.29, 0.717) is 24.5 Å². The van der Waals surface area contributed by atoms with Crippen molar-refractivity contribution < 1.29 is 4.52 Å². The summed E-state index contributed by atoms with van der Waals surface area (Å²) in [4.78, 5) is 29.5. The second-order valence-corrected chi connectivity index (χ2v) is 7.14. The largest absolute Gasteiger partial charge is 0.383 e. The minimum atomic E-state index is -0.520. The Morgan fingerprint density at radius 2 is 1.93 bits per heavy atom. The molecule has 0 spiro atoms. The van der Waals surface area contributed by atoms with Crippen LogP contribution in [0.5, 0.6) is 0 Å². The van der Waals surface area contributed by atoms with Gasteiger partial charge in [0.2, 0.25) is 0 Å². The maximum atomic E-state index is 12.7. The molecule has 8 heteroatoms. The molecule has 0 saturated heterocycles. The Balaban J connectivity index is 2.06. The van der Waals surface area contributed by atoms with Gasteiger partial charge in [-0.05, 0) is 25.8 Å². The van der Waals surface area contributed by atoms with Crippen LogP contribution in [0, 0.1) is 13.8 Å². The summed E-state index contributed by atoms with van der Waals surface area (Å²) in [5.74, 6) is 0.863. The Morgan fingerprint density at radius 1 is 1.21 bits per heavy atom. The van der Waals surface area contributed by atoms with Crippen LogP contribution < -0.4 is 21.9 Å². The van der Waals surface area contributed by atoms with Gasteiger partial charge in [0.15, 0.2) is 0 Å². The molecule has 0 unspecified atom stereocenters. The molecule has 2 aromatic heterocycles. The molecule has 29 heavy (non-hydrogen) atoms. The van der Waals surface area contributed by atoms with Gasteiger partial charge in [-0.3, -0.25) is 14.3 Å². The van der Waals surface area contributed by atoms with Gasteiger partial charge in [-0.15, -0.1) is 0 Å². The lowest BCUT2D eigenvalue weighted by Crippen LogP contribution is -2.39. The van der Waals surface area contributed by atoms with Crippen LogP contribution in [0.15, 0.2) is 44.4 Å². The van der Waals surface area contributed by atoms with Crippen LogP contribution in [-0.4, -0.2) is 21.3 Å².